The minimum Gasteiger partial charge on any atom is -0.434 e. The first kappa shape index (κ1) is 16.3. The Kier molecular flexibility index (Phi) is 5.67. The zero-order valence-electron chi connectivity index (χ0n) is 10.5. The van der Waals surface area contributed by atoms with Crippen LogP contribution < -0.4 is 10.1 Å². The molecule has 7 heteroatoms. The number of anilines is 1. The van der Waals surface area contributed by atoms with Crippen molar-refractivity contribution in [1.29, 1.82) is 0 Å². The lowest BCUT2D eigenvalue weighted by molar-refractivity contribution is -0.0504. The van der Waals surface area contributed by atoms with Gasteiger partial charge in [-0.2, -0.15) is 8.78 Å². The summed E-state index contributed by atoms with van der Waals surface area (Å²) in [7, 11) is 0. The average molecular weight is 397 g/mol. The first-order valence-corrected chi connectivity index (χ1v) is 7.43. The Balaban J connectivity index is 2.18. The molecule has 0 atom stereocenters. The summed E-state index contributed by atoms with van der Waals surface area (Å²) in [6.45, 7) is -2.62. The fourth-order valence-corrected chi connectivity index (χ4v) is 2.47. The summed E-state index contributed by atoms with van der Waals surface area (Å²) < 4.78 is 30.0. The quantitative estimate of drug-likeness (QED) is 0.672. The van der Waals surface area contributed by atoms with Gasteiger partial charge in [0.15, 0.2) is 0 Å². The van der Waals surface area contributed by atoms with Crippen LogP contribution in [-0.2, 0) is 6.54 Å². The first-order valence-electron chi connectivity index (χ1n) is 5.88. The molecule has 112 valence electrons. The molecular weight excluding hydrogens is 387 g/mol. The first-order chi connectivity index (χ1) is 9.95. The van der Waals surface area contributed by atoms with Crippen molar-refractivity contribution < 1.29 is 13.5 Å². The van der Waals surface area contributed by atoms with Crippen LogP contribution in [0.15, 0.2) is 40.9 Å². The van der Waals surface area contributed by atoms with E-state index in [0.717, 1.165) is 10.2 Å². The van der Waals surface area contributed by atoms with Crippen molar-refractivity contribution in [3.05, 3.63) is 56.5 Å². The number of ether oxygens (including phenoxy) is 1. The van der Waals surface area contributed by atoms with E-state index >= 15 is 0 Å². The van der Waals surface area contributed by atoms with Crippen LogP contribution in [0.3, 0.4) is 0 Å². The van der Waals surface area contributed by atoms with E-state index in [-0.39, 0.29) is 12.3 Å². The van der Waals surface area contributed by atoms with Gasteiger partial charge in [0.2, 0.25) is 0 Å². The Morgan fingerprint density at radius 2 is 1.76 bits per heavy atom. The molecule has 0 saturated carbocycles. The zero-order chi connectivity index (χ0) is 15.4. The van der Waals surface area contributed by atoms with Gasteiger partial charge in [-0.15, -0.1) is 0 Å². The number of hydrogen-bond donors (Lipinski definition) is 1. The Labute approximate surface area is 139 Å². The molecule has 1 N–H and O–H groups in total. The third-order valence-electron chi connectivity index (χ3n) is 2.64. The van der Waals surface area contributed by atoms with Gasteiger partial charge in [0.25, 0.3) is 0 Å². The topological polar surface area (TPSA) is 21.3 Å². The average Bonchev–Trinajstić information content (AvgIpc) is 2.42. The highest BCUT2D eigenvalue weighted by molar-refractivity contribution is 9.10. The van der Waals surface area contributed by atoms with Gasteiger partial charge in [0.1, 0.15) is 5.75 Å². The molecule has 2 nitrogen and oxygen atoms in total. The van der Waals surface area contributed by atoms with Crippen molar-refractivity contribution in [2.45, 2.75) is 13.2 Å². The Morgan fingerprint density at radius 3 is 2.48 bits per heavy atom. The molecule has 2 aromatic carbocycles. The smallest absolute Gasteiger partial charge is 0.387 e. The summed E-state index contributed by atoms with van der Waals surface area (Å²) in [5, 5.41) is 4.10. The van der Waals surface area contributed by atoms with E-state index in [1.165, 1.54) is 12.1 Å². The highest BCUT2D eigenvalue weighted by Crippen LogP contribution is 2.29. The molecule has 0 unspecified atom stereocenters. The highest BCUT2D eigenvalue weighted by atomic mass is 79.9. The molecule has 0 aromatic heterocycles. The van der Waals surface area contributed by atoms with Crippen molar-refractivity contribution in [1.82, 2.24) is 0 Å². The highest BCUT2D eigenvalue weighted by Gasteiger charge is 2.11. The van der Waals surface area contributed by atoms with Crippen LogP contribution in [0.2, 0.25) is 10.0 Å². The lowest BCUT2D eigenvalue weighted by Crippen LogP contribution is -2.07. The molecule has 0 aliphatic heterocycles. The predicted molar refractivity (Wildman–Crippen MR) is 84.6 cm³/mol. The lowest BCUT2D eigenvalue weighted by atomic mass is 10.2. The summed E-state index contributed by atoms with van der Waals surface area (Å²) in [4.78, 5) is 0. The molecule has 0 aliphatic rings. The molecule has 2 rings (SSSR count). The van der Waals surface area contributed by atoms with Crippen LogP contribution in [0.5, 0.6) is 5.75 Å². The number of nitrogens with one attached hydrogen (secondary N) is 1. The maximum Gasteiger partial charge on any atom is 0.387 e. The molecule has 0 spiro atoms. The predicted octanol–water partition coefficient (Wildman–Crippen LogP) is 5.97. The van der Waals surface area contributed by atoms with E-state index in [1.54, 1.807) is 24.3 Å². The normalized spacial score (nSPS) is 10.8. The van der Waals surface area contributed by atoms with Crippen molar-refractivity contribution in [2.75, 3.05) is 5.32 Å². The van der Waals surface area contributed by atoms with Gasteiger partial charge in [0.05, 0.1) is 5.69 Å². The monoisotopic (exact) mass is 395 g/mol. The molecule has 0 bridgehead atoms. The second kappa shape index (κ2) is 7.29. The number of rotatable bonds is 5. The van der Waals surface area contributed by atoms with Crippen LogP contribution >= 0.6 is 39.1 Å². The zero-order valence-corrected chi connectivity index (χ0v) is 13.6. The fourth-order valence-electron chi connectivity index (χ4n) is 1.72. The van der Waals surface area contributed by atoms with Crippen LogP contribution in [0, 0.1) is 0 Å². The standard InChI is InChI=1S/C14H10BrCl2F2NO/c15-11-3-1-10(17)6-12(11)20-7-8-5-9(16)2-4-13(8)21-14(18)19/h1-6,14,20H,7H2. The van der Waals surface area contributed by atoms with Crippen molar-refractivity contribution in [3.63, 3.8) is 0 Å². The van der Waals surface area contributed by atoms with E-state index in [0.29, 0.717) is 15.6 Å². The molecule has 0 saturated heterocycles. The van der Waals surface area contributed by atoms with Gasteiger partial charge in [-0.25, -0.2) is 0 Å². The van der Waals surface area contributed by atoms with Gasteiger partial charge in [0, 0.05) is 26.6 Å². The van der Waals surface area contributed by atoms with Gasteiger partial charge in [-0.3, -0.25) is 0 Å². The van der Waals surface area contributed by atoms with Gasteiger partial charge < -0.3 is 10.1 Å². The summed E-state index contributed by atoms with van der Waals surface area (Å²) in [5.74, 6) is 0.0834. The van der Waals surface area contributed by atoms with Crippen LogP contribution in [0.4, 0.5) is 14.5 Å². The minimum absolute atomic E-state index is 0.0834. The summed E-state index contributed by atoms with van der Waals surface area (Å²) in [6.07, 6.45) is 0. The molecule has 0 amide bonds. The number of benzene rings is 2. The molecular formula is C14H10BrCl2F2NO. The molecule has 0 radical (unpaired) electrons. The molecule has 0 aliphatic carbocycles. The number of halogens is 5. The Hall–Kier alpha value is -1.04. The van der Waals surface area contributed by atoms with E-state index in [9.17, 15) is 8.78 Å². The van der Waals surface area contributed by atoms with Gasteiger partial charge in [-0.05, 0) is 52.3 Å². The minimum atomic E-state index is -2.89. The van der Waals surface area contributed by atoms with Crippen LogP contribution in [0.25, 0.3) is 0 Å². The van der Waals surface area contributed by atoms with Gasteiger partial charge in [-0.1, -0.05) is 23.2 Å². The lowest BCUT2D eigenvalue weighted by Gasteiger charge is -2.13. The largest absolute Gasteiger partial charge is 0.434 e. The Bertz CT molecular complexity index is 640. The number of alkyl halides is 2. The second-order valence-electron chi connectivity index (χ2n) is 4.11. The van der Waals surface area contributed by atoms with E-state index < -0.39 is 6.61 Å². The fraction of sp³-hybridized carbons (Fsp3) is 0.143. The third kappa shape index (κ3) is 4.73. The van der Waals surface area contributed by atoms with E-state index in [1.807, 2.05) is 0 Å². The van der Waals surface area contributed by atoms with Gasteiger partial charge >= 0.3 is 6.61 Å². The van der Waals surface area contributed by atoms with Crippen LogP contribution in [0.1, 0.15) is 5.56 Å². The second-order valence-corrected chi connectivity index (χ2v) is 5.84. The third-order valence-corrected chi connectivity index (χ3v) is 3.80. The SMILES string of the molecule is FC(F)Oc1ccc(Cl)cc1CNc1cc(Cl)ccc1Br. The van der Waals surface area contributed by atoms with Crippen molar-refractivity contribution in [3.8, 4) is 5.75 Å². The maximum atomic E-state index is 12.4. The maximum absolute atomic E-state index is 12.4. The molecule has 0 heterocycles. The van der Waals surface area contributed by atoms with E-state index in [4.69, 9.17) is 23.2 Å². The van der Waals surface area contributed by atoms with E-state index in [2.05, 4.69) is 26.0 Å². The number of hydrogen-bond acceptors (Lipinski definition) is 2. The van der Waals surface area contributed by atoms with Crippen molar-refractivity contribution >= 4 is 44.8 Å². The summed E-state index contributed by atoms with van der Waals surface area (Å²) in [6, 6.07) is 9.74. The molecule has 2 aromatic rings. The molecule has 0 fully saturated rings. The summed E-state index contributed by atoms with van der Waals surface area (Å²) in [5.41, 5.74) is 1.26. The Morgan fingerprint density at radius 1 is 1.10 bits per heavy atom. The molecule has 21 heavy (non-hydrogen) atoms. The van der Waals surface area contributed by atoms with Crippen LogP contribution in [-0.4, -0.2) is 6.61 Å². The summed E-state index contributed by atoms with van der Waals surface area (Å²) >= 11 is 15.2. The van der Waals surface area contributed by atoms with Crippen molar-refractivity contribution in [2.24, 2.45) is 0 Å².